The molecule has 1 aromatic heterocycles. The Morgan fingerprint density at radius 1 is 0.971 bits per heavy atom. The Balaban J connectivity index is 1.33. The summed E-state index contributed by atoms with van der Waals surface area (Å²) in [6, 6.07) is 15.8. The van der Waals surface area contributed by atoms with E-state index in [1.165, 1.54) is 51.2 Å². The molecule has 4 saturated carbocycles. The number of hydrogen-bond donors (Lipinski definition) is 0. The van der Waals surface area contributed by atoms with Gasteiger partial charge in [-0.1, -0.05) is 24.2 Å². The zero-order valence-corrected chi connectivity index (χ0v) is 20.6. The molecule has 2 aromatic carbocycles. The molecule has 1 heterocycles. The van der Waals surface area contributed by atoms with Crippen LogP contribution in [0.1, 0.15) is 67.8 Å². The maximum absolute atomic E-state index is 11.7. The molecule has 7 rings (SSSR count). The van der Waals surface area contributed by atoms with Gasteiger partial charge in [0, 0.05) is 22.8 Å². The Bertz CT molecular complexity index is 1190. The van der Waals surface area contributed by atoms with E-state index < -0.39 is 0 Å². The minimum atomic E-state index is -0.350. The van der Waals surface area contributed by atoms with Crippen LogP contribution in [0.3, 0.4) is 0 Å². The van der Waals surface area contributed by atoms with E-state index in [4.69, 9.17) is 14.0 Å². The minimum Gasteiger partial charge on any atom is -0.493 e. The number of ether oxygens (including phenoxy) is 2. The number of aromatic nitrogens is 1. The number of rotatable bonds is 7. The van der Waals surface area contributed by atoms with Gasteiger partial charge in [0.2, 0.25) is 0 Å². The maximum Gasteiger partial charge on any atom is 0.337 e. The molecule has 0 saturated heterocycles. The fraction of sp³-hybridized carbons (Fsp3) is 0.467. The van der Waals surface area contributed by atoms with Crippen molar-refractivity contribution in [1.29, 1.82) is 0 Å². The Morgan fingerprint density at radius 2 is 1.63 bits per heavy atom. The van der Waals surface area contributed by atoms with Crippen molar-refractivity contribution in [3.05, 3.63) is 59.7 Å². The largest absolute Gasteiger partial charge is 0.493 e. The van der Waals surface area contributed by atoms with Crippen LogP contribution in [-0.4, -0.2) is 24.8 Å². The summed E-state index contributed by atoms with van der Waals surface area (Å²) >= 11 is 0. The first-order chi connectivity index (χ1) is 17.1. The van der Waals surface area contributed by atoms with E-state index in [-0.39, 0.29) is 11.4 Å². The predicted molar refractivity (Wildman–Crippen MR) is 134 cm³/mol. The minimum absolute atomic E-state index is 0.240. The molecule has 5 nitrogen and oxygen atoms in total. The van der Waals surface area contributed by atoms with Crippen LogP contribution in [0, 0.1) is 17.8 Å². The summed E-state index contributed by atoms with van der Waals surface area (Å²) in [7, 11) is 1.38. The zero-order valence-electron chi connectivity index (χ0n) is 20.6. The quantitative estimate of drug-likeness (QED) is 0.346. The van der Waals surface area contributed by atoms with Gasteiger partial charge in [-0.15, -0.1) is 0 Å². The van der Waals surface area contributed by atoms with Gasteiger partial charge in [0.25, 0.3) is 0 Å². The molecule has 0 N–H and O–H groups in total. The highest BCUT2D eigenvalue weighted by atomic mass is 16.5. The molecule has 4 fully saturated rings. The number of benzene rings is 2. The standard InChI is InChI=1S/C30H33NO4/c1-3-10-34-27-9-8-24(14-25(27)30-16-19-11-20(17-30)13-21(12-19)18-30)26-15-28(35-31-26)22-4-6-23(7-5-22)29(32)33-2/h4-9,14-15,19-21H,3,10-13,16-18H2,1-2H3. The highest BCUT2D eigenvalue weighted by molar-refractivity contribution is 5.89. The van der Waals surface area contributed by atoms with Crippen LogP contribution < -0.4 is 4.74 Å². The molecule has 4 aliphatic rings. The van der Waals surface area contributed by atoms with E-state index in [0.717, 1.165) is 53.4 Å². The lowest BCUT2D eigenvalue weighted by Crippen LogP contribution is -2.48. The number of esters is 1. The first kappa shape index (κ1) is 22.4. The van der Waals surface area contributed by atoms with Crippen molar-refractivity contribution in [2.45, 2.75) is 57.3 Å². The number of carbonyl (C=O) groups is 1. The number of carbonyl (C=O) groups excluding carboxylic acids is 1. The molecule has 0 amide bonds. The van der Waals surface area contributed by atoms with Gasteiger partial charge in [-0.05, 0) is 98.4 Å². The molecule has 4 bridgehead atoms. The SMILES string of the molecule is CCCOc1ccc(-c2cc(-c3ccc(C(=O)OC)cc3)on2)cc1C12CC3CC(CC(C3)C1)C2. The lowest BCUT2D eigenvalue weighted by Gasteiger charge is -2.57. The molecule has 0 atom stereocenters. The zero-order chi connectivity index (χ0) is 24.0. The molecule has 0 spiro atoms. The van der Waals surface area contributed by atoms with Crippen LogP contribution >= 0.6 is 0 Å². The van der Waals surface area contributed by atoms with Gasteiger partial charge in [-0.25, -0.2) is 4.79 Å². The molecule has 0 aliphatic heterocycles. The average molecular weight is 472 g/mol. The molecular weight excluding hydrogens is 438 g/mol. The summed E-state index contributed by atoms with van der Waals surface area (Å²) in [4.78, 5) is 11.7. The van der Waals surface area contributed by atoms with Gasteiger partial charge in [0.1, 0.15) is 11.4 Å². The van der Waals surface area contributed by atoms with Gasteiger partial charge < -0.3 is 14.0 Å². The second-order valence-corrected chi connectivity index (χ2v) is 10.9. The second-order valence-electron chi connectivity index (χ2n) is 10.9. The summed E-state index contributed by atoms with van der Waals surface area (Å²) in [5.41, 5.74) is 4.91. The molecule has 0 radical (unpaired) electrons. The van der Waals surface area contributed by atoms with Crippen LogP contribution in [0.4, 0.5) is 0 Å². The first-order valence-corrected chi connectivity index (χ1v) is 13.0. The van der Waals surface area contributed by atoms with Crippen molar-refractivity contribution in [3.63, 3.8) is 0 Å². The van der Waals surface area contributed by atoms with Crippen molar-refractivity contribution in [3.8, 4) is 28.3 Å². The van der Waals surface area contributed by atoms with E-state index in [1.54, 1.807) is 12.1 Å². The van der Waals surface area contributed by atoms with Crippen LogP contribution in [0.15, 0.2) is 53.1 Å². The fourth-order valence-electron chi connectivity index (χ4n) is 7.32. The Kier molecular flexibility index (Phi) is 5.66. The lowest BCUT2D eigenvalue weighted by molar-refractivity contribution is -0.00636. The van der Waals surface area contributed by atoms with Crippen LogP contribution in [0.2, 0.25) is 0 Å². The highest BCUT2D eigenvalue weighted by Crippen LogP contribution is 2.62. The van der Waals surface area contributed by atoms with Crippen molar-refractivity contribution in [1.82, 2.24) is 5.16 Å². The van der Waals surface area contributed by atoms with E-state index in [9.17, 15) is 4.79 Å². The number of methoxy groups -OCH3 is 1. The van der Waals surface area contributed by atoms with Gasteiger partial charge in [0.05, 0.1) is 19.3 Å². The summed E-state index contributed by atoms with van der Waals surface area (Å²) in [5, 5.41) is 4.41. The molecular formula is C30H33NO4. The molecule has 3 aromatic rings. The second kappa shape index (κ2) is 8.85. The maximum atomic E-state index is 11.7. The van der Waals surface area contributed by atoms with E-state index >= 15 is 0 Å². The molecule has 0 unspecified atom stereocenters. The van der Waals surface area contributed by atoms with Crippen LogP contribution in [-0.2, 0) is 10.2 Å². The monoisotopic (exact) mass is 471 g/mol. The summed E-state index contributed by atoms with van der Waals surface area (Å²) < 4.78 is 16.8. The fourth-order valence-corrected chi connectivity index (χ4v) is 7.32. The number of hydrogen-bond acceptors (Lipinski definition) is 5. The Morgan fingerprint density at radius 3 is 2.26 bits per heavy atom. The number of nitrogens with zero attached hydrogens (tertiary/aromatic N) is 1. The molecule has 5 heteroatoms. The topological polar surface area (TPSA) is 61.6 Å². The lowest BCUT2D eigenvalue weighted by atomic mass is 9.48. The van der Waals surface area contributed by atoms with Crippen molar-refractivity contribution in [2.75, 3.05) is 13.7 Å². The third-order valence-electron chi connectivity index (χ3n) is 8.45. The third kappa shape index (κ3) is 4.05. The first-order valence-electron chi connectivity index (χ1n) is 13.0. The van der Waals surface area contributed by atoms with Gasteiger partial charge >= 0.3 is 5.97 Å². The summed E-state index contributed by atoms with van der Waals surface area (Å²) in [6.45, 7) is 2.90. The Labute approximate surface area is 206 Å². The Hall–Kier alpha value is -3.08. The van der Waals surface area contributed by atoms with E-state index in [2.05, 4.69) is 30.3 Å². The van der Waals surface area contributed by atoms with Crippen molar-refractivity contribution < 1.29 is 18.8 Å². The van der Waals surface area contributed by atoms with Crippen molar-refractivity contribution >= 4 is 5.97 Å². The van der Waals surface area contributed by atoms with Crippen LogP contribution in [0.5, 0.6) is 5.75 Å². The highest BCUT2D eigenvalue weighted by Gasteiger charge is 2.52. The average Bonchev–Trinajstić information content (AvgIpc) is 3.36. The predicted octanol–water partition coefficient (Wildman–Crippen LogP) is 7.05. The molecule has 4 aliphatic carbocycles. The van der Waals surface area contributed by atoms with Crippen molar-refractivity contribution in [2.24, 2.45) is 17.8 Å². The van der Waals surface area contributed by atoms with E-state index in [1.807, 2.05) is 18.2 Å². The van der Waals surface area contributed by atoms with Gasteiger partial charge in [-0.2, -0.15) is 0 Å². The normalized spacial score (nSPS) is 26.6. The van der Waals surface area contributed by atoms with Crippen LogP contribution in [0.25, 0.3) is 22.6 Å². The third-order valence-corrected chi connectivity index (χ3v) is 8.45. The summed E-state index contributed by atoms with van der Waals surface area (Å²) in [6.07, 6.45) is 9.15. The molecule has 35 heavy (non-hydrogen) atoms. The smallest absolute Gasteiger partial charge is 0.337 e. The summed E-state index contributed by atoms with van der Waals surface area (Å²) in [5.74, 6) is 4.00. The molecule has 182 valence electrons. The van der Waals surface area contributed by atoms with E-state index in [0.29, 0.717) is 11.3 Å². The van der Waals surface area contributed by atoms with Gasteiger partial charge in [-0.3, -0.25) is 0 Å². The van der Waals surface area contributed by atoms with Gasteiger partial charge in [0.15, 0.2) is 5.76 Å².